The van der Waals surface area contributed by atoms with E-state index in [2.05, 4.69) is 21.2 Å². The summed E-state index contributed by atoms with van der Waals surface area (Å²) in [5, 5.41) is 2.88. The lowest BCUT2D eigenvalue weighted by atomic mass is 10.3. The molecule has 0 spiro atoms. The maximum Gasteiger partial charge on any atom is 0.268 e. The summed E-state index contributed by atoms with van der Waals surface area (Å²) in [6.45, 7) is 5.05. The van der Waals surface area contributed by atoms with Crippen molar-refractivity contribution < 1.29 is 9.53 Å². The van der Waals surface area contributed by atoms with Crippen molar-refractivity contribution in [3.63, 3.8) is 0 Å². The zero-order valence-corrected chi connectivity index (χ0v) is 11.4. The van der Waals surface area contributed by atoms with Crippen LogP contribution in [0.15, 0.2) is 16.7 Å². The molecule has 0 radical (unpaired) electrons. The number of aryl methyl sites for hydroxylation is 1. The van der Waals surface area contributed by atoms with E-state index in [4.69, 9.17) is 4.74 Å². The SMILES string of the molecule is CCOCC(C)NC(=O)c1cc(Br)cn1C. The number of carbonyl (C=O) groups excluding carboxylic acids is 1. The van der Waals surface area contributed by atoms with E-state index < -0.39 is 0 Å². The van der Waals surface area contributed by atoms with Gasteiger partial charge in [0.25, 0.3) is 5.91 Å². The van der Waals surface area contributed by atoms with E-state index in [1.54, 1.807) is 10.6 Å². The highest BCUT2D eigenvalue weighted by Gasteiger charge is 2.13. The first-order valence-electron chi connectivity index (χ1n) is 5.25. The van der Waals surface area contributed by atoms with Crippen LogP contribution in [0.1, 0.15) is 24.3 Å². The number of nitrogens with one attached hydrogen (secondary N) is 1. The largest absolute Gasteiger partial charge is 0.380 e. The van der Waals surface area contributed by atoms with Gasteiger partial charge in [-0.1, -0.05) is 0 Å². The predicted molar refractivity (Wildman–Crippen MR) is 66.5 cm³/mol. The standard InChI is InChI=1S/C11H17BrN2O2/c1-4-16-7-8(2)13-11(15)10-5-9(12)6-14(10)3/h5-6,8H,4,7H2,1-3H3,(H,13,15). The van der Waals surface area contributed by atoms with Gasteiger partial charge in [0.15, 0.2) is 0 Å². The second-order valence-corrected chi connectivity index (χ2v) is 4.60. The normalized spacial score (nSPS) is 12.5. The average molecular weight is 289 g/mol. The van der Waals surface area contributed by atoms with Crippen molar-refractivity contribution in [1.82, 2.24) is 9.88 Å². The Labute approximate surface area is 104 Å². The lowest BCUT2D eigenvalue weighted by Crippen LogP contribution is -2.36. The van der Waals surface area contributed by atoms with Crippen molar-refractivity contribution in [2.45, 2.75) is 19.9 Å². The average Bonchev–Trinajstić information content (AvgIpc) is 2.54. The Balaban J connectivity index is 2.55. The molecule has 0 aliphatic carbocycles. The molecule has 0 bridgehead atoms. The van der Waals surface area contributed by atoms with Crippen LogP contribution in [0.4, 0.5) is 0 Å². The number of hydrogen-bond acceptors (Lipinski definition) is 2. The van der Waals surface area contributed by atoms with Crippen LogP contribution >= 0.6 is 15.9 Å². The predicted octanol–water partition coefficient (Wildman–Crippen LogP) is 1.94. The van der Waals surface area contributed by atoms with Crippen LogP contribution < -0.4 is 5.32 Å². The summed E-state index contributed by atoms with van der Waals surface area (Å²) >= 11 is 3.33. The second-order valence-electron chi connectivity index (χ2n) is 3.69. The number of hydrogen-bond donors (Lipinski definition) is 1. The highest BCUT2D eigenvalue weighted by molar-refractivity contribution is 9.10. The Bertz CT molecular complexity index is 363. The molecule has 5 heteroatoms. The molecule has 1 aromatic rings. The van der Waals surface area contributed by atoms with Gasteiger partial charge >= 0.3 is 0 Å². The fraction of sp³-hybridized carbons (Fsp3) is 0.545. The van der Waals surface area contributed by atoms with Gasteiger partial charge in [0.2, 0.25) is 0 Å². The quantitative estimate of drug-likeness (QED) is 0.900. The Kier molecular flexibility index (Phi) is 5.02. The maximum atomic E-state index is 11.8. The number of halogens is 1. The van der Waals surface area contributed by atoms with Crippen molar-refractivity contribution in [1.29, 1.82) is 0 Å². The molecule has 1 N–H and O–H groups in total. The first-order valence-corrected chi connectivity index (χ1v) is 6.04. The smallest absolute Gasteiger partial charge is 0.268 e. The van der Waals surface area contributed by atoms with E-state index in [0.29, 0.717) is 18.9 Å². The molecule has 1 heterocycles. The first-order chi connectivity index (χ1) is 7.54. The van der Waals surface area contributed by atoms with Crippen molar-refractivity contribution in [3.8, 4) is 0 Å². The third kappa shape index (κ3) is 3.64. The van der Waals surface area contributed by atoms with Crippen LogP contribution in [0, 0.1) is 0 Å². The van der Waals surface area contributed by atoms with E-state index >= 15 is 0 Å². The van der Waals surface area contributed by atoms with Gasteiger partial charge in [0.1, 0.15) is 5.69 Å². The fourth-order valence-corrected chi connectivity index (χ4v) is 1.91. The minimum atomic E-state index is -0.0830. The molecule has 1 rings (SSSR count). The van der Waals surface area contributed by atoms with Crippen LogP contribution in [0.3, 0.4) is 0 Å². The molecule has 0 saturated heterocycles. The molecular weight excluding hydrogens is 272 g/mol. The molecule has 1 aromatic heterocycles. The van der Waals surface area contributed by atoms with Crippen molar-refractivity contribution in [3.05, 3.63) is 22.4 Å². The summed E-state index contributed by atoms with van der Waals surface area (Å²) in [5.74, 6) is -0.0830. The van der Waals surface area contributed by atoms with Crippen molar-refractivity contribution in [2.24, 2.45) is 7.05 Å². The summed E-state index contributed by atoms with van der Waals surface area (Å²) in [7, 11) is 1.84. The van der Waals surface area contributed by atoms with Crippen LogP contribution in [0.25, 0.3) is 0 Å². The molecule has 0 aliphatic rings. The molecule has 90 valence electrons. The van der Waals surface area contributed by atoms with Gasteiger partial charge in [-0.25, -0.2) is 0 Å². The first kappa shape index (κ1) is 13.3. The monoisotopic (exact) mass is 288 g/mol. The number of carbonyl (C=O) groups is 1. The van der Waals surface area contributed by atoms with Gasteiger partial charge in [0.05, 0.1) is 6.61 Å². The molecule has 0 aromatic carbocycles. The summed E-state index contributed by atoms with van der Waals surface area (Å²) in [5.41, 5.74) is 0.634. The number of nitrogens with zero attached hydrogens (tertiary/aromatic N) is 1. The highest BCUT2D eigenvalue weighted by Crippen LogP contribution is 2.13. The minimum Gasteiger partial charge on any atom is -0.380 e. The summed E-state index contributed by atoms with van der Waals surface area (Å²) in [6.07, 6.45) is 1.85. The van der Waals surface area contributed by atoms with Gasteiger partial charge < -0.3 is 14.6 Å². The van der Waals surface area contributed by atoms with Gasteiger partial charge in [-0.15, -0.1) is 0 Å². The minimum absolute atomic E-state index is 0.0149. The second kappa shape index (κ2) is 6.06. The van der Waals surface area contributed by atoms with Gasteiger partial charge in [-0.2, -0.15) is 0 Å². The highest BCUT2D eigenvalue weighted by atomic mass is 79.9. The molecule has 4 nitrogen and oxygen atoms in total. The van der Waals surface area contributed by atoms with E-state index in [0.717, 1.165) is 4.47 Å². The van der Waals surface area contributed by atoms with E-state index in [9.17, 15) is 4.79 Å². The Morgan fingerprint density at radius 1 is 1.69 bits per heavy atom. The molecule has 1 amide bonds. The zero-order chi connectivity index (χ0) is 12.1. The lowest BCUT2D eigenvalue weighted by Gasteiger charge is -2.13. The van der Waals surface area contributed by atoms with Crippen LogP contribution in [-0.4, -0.2) is 29.7 Å². The van der Waals surface area contributed by atoms with Gasteiger partial charge in [0, 0.05) is 30.4 Å². The van der Waals surface area contributed by atoms with Crippen LogP contribution in [-0.2, 0) is 11.8 Å². The van der Waals surface area contributed by atoms with Crippen LogP contribution in [0.2, 0.25) is 0 Å². The van der Waals surface area contributed by atoms with Crippen molar-refractivity contribution in [2.75, 3.05) is 13.2 Å². The molecule has 0 saturated carbocycles. The summed E-state index contributed by atoms with van der Waals surface area (Å²) in [6, 6.07) is 1.81. The molecule has 1 atom stereocenters. The maximum absolute atomic E-state index is 11.8. The van der Waals surface area contributed by atoms with Gasteiger partial charge in [-0.3, -0.25) is 4.79 Å². The number of amides is 1. The topological polar surface area (TPSA) is 43.3 Å². The number of rotatable bonds is 5. The van der Waals surface area contributed by atoms with Crippen LogP contribution in [0.5, 0.6) is 0 Å². The fourth-order valence-electron chi connectivity index (χ4n) is 1.38. The number of aromatic nitrogens is 1. The summed E-state index contributed by atoms with van der Waals surface area (Å²) in [4.78, 5) is 11.8. The number of ether oxygens (including phenoxy) is 1. The molecular formula is C11H17BrN2O2. The van der Waals surface area contributed by atoms with Gasteiger partial charge in [-0.05, 0) is 35.8 Å². The van der Waals surface area contributed by atoms with E-state index in [-0.39, 0.29) is 11.9 Å². The molecule has 16 heavy (non-hydrogen) atoms. The Morgan fingerprint density at radius 2 is 2.38 bits per heavy atom. The Morgan fingerprint density at radius 3 is 2.88 bits per heavy atom. The van der Waals surface area contributed by atoms with E-state index in [1.165, 1.54) is 0 Å². The lowest BCUT2D eigenvalue weighted by molar-refractivity contribution is 0.0864. The molecule has 0 fully saturated rings. The van der Waals surface area contributed by atoms with E-state index in [1.807, 2.05) is 27.1 Å². The zero-order valence-electron chi connectivity index (χ0n) is 9.79. The molecule has 1 unspecified atom stereocenters. The Hall–Kier alpha value is -0.810. The van der Waals surface area contributed by atoms with Crippen molar-refractivity contribution >= 4 is 21.8 Å². The summed E-state index contributed by atoms with van der Waals surface area (Å²) < 4.78 is 7.92. The molecule has 0 aliphatic heterocycles. The third-order valence-corrected chi connectivity index (χ3v) is 2.59. The third-order valence-electron chi connectivity index (χ3n) is 2.15.